The Morgan fingerprint density at radius 1 is 0.846 bits per heavy atom. The van der Waals surface area contributed by atoms with E-state index in [4.69, 9.17) is 14.2 Å². The first-order chi connectivity index (χ1) is 19.0. The number of ketones is 1. The van der Waals surface area contributed by atoms with E-state index >= 15 is 0 Å². The fourth-order valence-electron chi connectivity index (χ4n) is 4.64. The quantitative estimate of drug-likeness (QED) is 0.122. The molecular weight excluding hydrogens is 494 g/mol. The first-order valence-corrected chi connectivity index (χ1v) is 13.4. The van der Waals surface area contributed by atoms with Crippen LogP contribution >= 0.6 is 0 Å². The van der Waals surface area contributed by atoms with E-state index in [1.165, 1.54) is 12.0 Å². The number of unbranched alkanes of at least 4 members (excludes halogenated alkanes) is 2. The number of benzene rings is 3. The van der Waals surface area contributed by atoms with Crippen LogP contribution in [0.25, 0.3) is 5.76 Å². The summed E-state index contributed by atoms with van der Waals surface area (Å²) in [6, 6.07) is 20.2. The van der Waals surface area contributed by atoms with Gasteiger partial charge in [-0.2, -0.15) is 0 Å². The van der Waals surface area contributed by atoms with Gasteiger partial charge in [0.1, 0.15) is 23.0 Å². The van der Waals surface area contributed by atoms with E-state index < -0.39 is 17.7 Å². The average molecular weight is 530 g/mol. The number of aliphatic hydroxyl groups excluding tert-OH is 1. The van der Waals surface area contributed by atoms with Crippen LogP contribution in [0.5, 0.6) is 17.2 Å². The number of nitrogens with zero attached hydrogens (tertiary/aromatic N) is 1. The number of para-hydroxylation sites is 1. The number of aliphatic hydroxyl groups is 1. The van der Waals surface area contributed by atoms with E-state index in [0.717, 1.165) is 25.7 Å². The Morgan fingerprint density at radius 3 is 2.31 bits per heavy atom. The monoisotopic (exact) mass is 529 g/mol. The molecule has 1 amide bonds. The van der Waals surface area contributed by atoms with Crippen molar-refractivity contribution in [2.24, 2.45) is 0 Å². The minimum atomic E-state index is -0.910. The van der Waals surface area contributed by atoms with Crippen LogP contribution in [0.2, 0.25) is 0 Å². The van der Waals surface area contributed by atoms with Gasteiger partial charge in [-0.05, 0) is 55.3 Å². The van der Waals surface area contributed by atoms with Crippen LogP contribution in [0.1, 0.15) is 56.7 Å². The molecule has 1 saturated heterocycles. The van der Waals surface area contributed by atoms with Gasteiger partial charge in [-0.3, -0.25) is 14.5 Å². The third-order valence-electron chi connectivity index (χ3n) is 6.59. The Hall–Kier alpha value is -4.26. The molecule has 0 aliphatic carbocycles. The zero-order valence-corrected chi connectivity index (χ0v) is 22.7. The molecule has 4 rings (SSSR count). The average Bonchev–Trinajstić information content (AvgIpc) is 3.24. The number of ether oxygens (including phenoxy) is 3. The summed E-state index contributed by atoms with van der Waals surface area (Å²) < 4.78 is 17.2. The molecule has 0 bridgehead atoms. The van der Waals surface area contributed by atoms with Crippen LogP contribution in [0, 0.1) is 0 Å². The number of carbonyl (C=O) groups is 2. The second-order valence-electron chi connectivity index (χ2n) is 9.34. The Kier molecular flexibility index (Phi) is 9.26. The van der Waals surface area contributed by atoms with Gasteiger partial charge < -0.3 is 19.3 Å². The van der Waals surface area contributed by atoms with Crippen LogP contribution in [0.3, 0.4) is 0 Å². The highest BCUT2D eigenvalue weighted by molar-refractivity contribution is 6.51. The van der Waals surface area contributed by atoms with Crippen molar-refractivity contribution in [3.63, 3.8) is 0 Å². The van der Waals surface area contributed by atoms with Crippen molar-refractivity contribution in [2.75, 3.05) is 25.2 Å². The third-order valence-corrected chi connectivity index (χ3v) is 6.59. The highest BCUT2D eigenvalue weighted by atomic mass is 16.5. The van der Waals surface area contributed by atoms with Gasteiger partial charge in [-0.25, -0.2) is 0 Å². The normalized spacial score (nSPS) is 16.4. The van der Waals surface area contributed by atoms with Crippen molar-refractivity contribution in [1.29, 1.82) is 0 Å². The molecule has 1 aliphatic rings. The topological polar surface area (TPSA) is 85.3 Å². The molecule has 3 aromatic carbocycles. The molecule has 0 spiro atoms. The number of Topliss-reactive ketones (excluding diaryl/α,β-unsaturated/α-hetero) is 1. The number of hydrogen-bond donors (Lipinski definition) is 1. The first-order valence-electron chi connectivity index (χ1n) is 13.4. The molecule has 0 aromatic heterocycles. The maximum absolute atomic E-state index is 13.5. The van der Waals surface area contributed by atoms with Gasteiger partial charge >= 0.3 is 0 Å². The molecule has 1 fully saturated rings. The number of anilines is 1. The largest absolute Gasteiger partial charge is 0.507 e. The van der Waals surface area contributed by atoms with Crippen LogP contribution in [-0.4, -0.2) is 37.1 Å². The minimum Gasteiger partial charge on any atom is -0.507 e. The maximum Gasteiger partial charge on any atom is 0.300 e. The van der Waals surface area contributed by atoms with Crippen LogP contribution in [0.4, 0.5) is 5.69 Å². The zero-order chi connectivity index (χ0) is 27.8. The van der Waals surface area contributed by atoms with Crippen molar-refractivity contribution < 1.29 is 28.9 Å². The number of methoxy groups -OCH3 is 1. The Bertz CT molecular complexity index is 1330. The summed E-state index contributed by atoms with van der Waals surface area (Å²) in [5.41, 5.74) is 1.46. The Labute approximate surface area is 229 Å². The molecule has 7 heteroatoms. The summed E-state index contributed by atoms with van der Waals surface area (Å²) >= 11 is 0. The lowest BCUT2D eigenvalue weighted by Crippen LogP contribution is -2.29. The second-order valence-corrected chi connectivity index (χ2v) is 9.34. The van der Waals surface area contributed by atoms with Gasteiger partial charge in [0.15, 0.2) is 0 Å². The zero-order valence-electron chi connectivity index (χ0n) is 22.7. The van der Waals surface area contributed by atoms with Crippen molar-refractivity contribution >= 4 is 23.1 Å². The molecule has 1 N–H and O–H groups in total. The highest BCUT2D eigenvalue weighted by Gasteiger charge is 2.48. The van der Waals surface area contributed by atoms with E-state index in [1.54, 1.807) is 60.7 Å². The smallest absolute Gasteiger partial charge is 0.300 e. The maximum atomic E-state index is 13.5. The van der Waals surface area contributed by atoms with E-state index in [-0.39, 0.29) is 11.3 Å². The van der Waals surface area contributed by atoms with E-state index in [1.807, 2.05) is 19.1 Å². The van der Waals surface area contributed by atoms with Gasteiger partial charge in [-0.1, -0.05) is 51.0 Å². The summed E-state index contributed by atoms with van der Waals surface area (Å²) in [5.74, 6) is -0.0193. The highest BCUT2D eigenvalue weighted by Crippen LogP contribution is 2.45. The lowest BCUT2D eigenvalue weighted by Gasteiger charge is -2.27. The number of hydrogen-bond acceptors (Lipinski definition) is 6. The Balaban J connectivity index is 1.78. The molecule has 39 heavy (non-hydrogen) atoms. The first kappa shape index (κ1) is 27.8. The standard InChI is InChI=1S/C32H35NO6/c1-4-6-9-20-39-24-17-15-22(16-18-24)30(34)28-29(26-13-7-8-14-27(26)37-3)33(32(36)31(28)35)23-11-10-12-25(21-23)38-19-5-2/h7-8,10-18,21,29,34H,4-6,9,19-20H2,1-3H3/b30-28+. The molecule has 1 heterocycles. The summed E-state index contributed by atoms with van der Waals surface area (Å²) in [5, 5.41) is 11.4. The number of rotatable bonds is 12. The molecule has 7 nitrogen and oxygen atoms in total. The van der Waals surface area contributed by atoms with Crippen molar-refractivity contribution in [3.8, 4) is 17.2 Å². The van der Waals surface area contributed by atoms with E-state index in [9.17, 15) is 14.7 Å². The fraction of sp³-hybridized carbons (Fsp3) is 0.312. The van der Waals surface area contributed by atoms with Gasteiger partial charge in [0.2, 0.25) is 0 Å². The lowest BCUT2D eigenvalue weighted by atomic mass is 9.94. The summed E-state index contributed by atoms with van der Waals surface area (Å²) in [7, 11) is 1.53. The van der Waals surface area contributed by atoms with Gasteiger partial charge in [0.05, 0.1) is 31.9 Å². The molecular formula is C32H35NO6. The summed E-state index contributed by atoms with van der Waals surface area (Å²) in [4.78, 5) is 28.4. The van der Waals surface area contributed by atoms with Gasteiger partial charge in [0, 0.05) is 22.9 Å². The fourth-order valence-corrected chi connectivity index (χ4v) is 4.64. The molecule has 1 atom stereocenters. The van der Waals surface area contributed by atoms with Crippen LogP contribution in [-0.2, 0) is 9.59 Å². The second kappa shape index (κ2) is 13.0. The Morgan fingerprint density at radius 2 is 1.59 bits per heavy atom. The summed E-state index contributed by atoms with van der Waals surface area (Å²) in [6.45, 7) is 5.28. The lowest BCUT2D eigenvalue weighted by molar-refractivity contribution is -0.132. The molecule has 3 aromatic rings. The minimum absolute atomic E-state index is 0.0130. The van der Waals surface area contributed by atoms with Gasteiger partial charge in [-0.15, -0.1) is 0 Å². The third kappa shape index (κ3) is 6.08. The predicted molar refractivity (Wildman–Crippen MR) is 151 cm³/mol. The van der Waals surface area contributed by atoms with Crippen LogP contribution < -0.4 is 19.1 Å². The molecule has 1 unspecified atom stereocenters. The van der Waals surface area contributed by atoms with E-state index in [2.05, 4.69) is 6.92 Å². The van der Waals surface area contributed by atoms with Crippen molar-refractivity contribution in [2.45, 2.75) is 45.6 Å². The predicted octanol–water partition coefficient (Wildman–Crippen LogP) is 6.68. The number of carbonyl (C=O) groups excluding carboxylic acids is 2. The molecule has 0 saturated carbocycles. The van der Waals surface area contributed by atoms with Gasteiger partial charge in [0.25, 0.3) is 11.7 Å². The molecule has 204 valence electrons. The molecule has 1 aliphatic heterocycles. The number of amides is 1. The molecule has 0 radical (unpaired) electrons. The van der Waals surface area contributed by atoms with Crippen molar-refractivity contribution in [1.82, 2.24) is 0 Å². The van der Waals surface area contributed by atoms with Crippen LogP contribution in [0.15, 0.2) is 78.4 Å². The van der Waals surface area contributed by atoms with E-state index in [0.29, 0.717) is 47.3 Å². The summed E-state index contributed by atoms with van der Waals surface area (Å²) in [6.07, 6.45) is 4.00. The SMILES string of the molecule is CCCCCOc1ccc(/C(O)=C2\C(=O)C(=O)N(c3cccc(OCCC)c3)C2c2ccccc2OC)cc1. The van der Waals surface area contributed by atoms with Crippen molar-refractivity contribution in [3.05, 3.63) is 89.5 Å².